The third kappa shape index (κ3) is 4.42. The van der Waals surface area contributed by atoms with Gasteiger partial charge in [0, 0.05) is 11.5 Å². The molecule has 1 aromatic rings. The second-order valence-corrected chi connectivity index (χ2v) is 5.03. The topological polar surface area (TPSA) is 49.3 Å². The molecule has 1 rings (SSSR count). The monoisotopic (exact) mass is 259 g/mol. The smallest absolute Gasteiger partial charge is 0.227 e. The van der Waals surface area contributed by atoms with Crippen LogP contribution >= 0.6 is 0 Å². The lowest BCUT2D eigenvalue weighted by Crippen LogP contribution is -2.24. The zero-order valence-electron chi connectivity index (χ0n) is 11.9. The van der Waals surface area contributed by atoms with E-state index in [2.05, 4.69) is 17.2 Å². The van der Waals surface area contributed by atoms with Gasteiger partial charge in [-0.2, -0.15) is 0 Å². The maximum Gasteiger partial charge on any atom is 0.227 e. The Bertz CT molecular complexity index is 509. The van der Waals surface area contributed by atoms with Crippen molar-refractivity contribution in [1.82, 2.24) is 0 Å². The Morgan fingerprint density at radius 2 is 2.05 bits per heavy atom. The minimum Gasteiger partial charge on any atom is -0.384 e. The predicted octanol–water partition coefficient (Wildman–Crippen LogP) is 2.57. The van der Waals surface area contributed by atoms with Crippen molar-refractivity contribution in [3.63, 3.8) is 0 Å². The van der Waals surface area contributed by atoms with E-state index in [1.165, 1.54) is 0 Å². The molecule has 0 saturated carbocycles. The summed E-state index contributed by atoms with van der Waals surface area (Å²) in [6.07, 6.45) is 0. The Kier molecular flexibility index (Phi) is 5.59. The standard InChI is InChI=1S/C16H21NO2/c1-11(2)13(4)16(19)17-15-8-7-12(3)10-14(15)6-5-9-18/h7-8,10-11,13,18H,9H2,1-4H3,(H,17,19). The summed E-state index contributed by atoms with van der Waals surface area (Å²) in [5.74, 6) is 5.70. The predicted molar refractivity (Wildman–Crippen MR) is 77.8 cm³/mol. The van der Waals surface area contributed by atoms with Gasteiger partial charge in [0.1, 0.15) is 6.61 Å². The maximum atomic E-state index is 12.1. The largest absolute Gasteiger partial charge is 0.384 e. The Balaban J connectivity index is 2.97. The molecule has 0 aliphatic rings. The van der Waals surface area contributed by atoms with Crippen LogP contribution in [0.5, 0.6) is 0 Å². The molecular formula is C16H21NO2. The van der Waals surface area contributed by atoms with Gasteiger partial charge in [-0.1, -0.05) is 38.7 Å². The fourth-order valence-electron chi connectivity index (χ4n) is 1.55. The highest BCUT2D eigenvalue weighted by atomic mass is 16.2. The molecule has 102 valence electrons. The summed E-state index contributed by atoms with van der Waals surface area (Å²) in [6.45, 7) is 7.72. The molecule has 0 bridgehead atoms. The van der Waals surface area contributed by atoms with Gasteiger partial charge in [-0.05, 0) is 30.5 Å². The van der Waals surface area contributed by atoms with E-state index in [-0.39, 0.29) is 24.3 Å². The van der Waals surface area contributed by atoms with Crippen molar-refractivity contribution in [2.24, 2.45) is 11.8 Å². The number of rotatable bonds is 3. The van der Waals surface area contributed by atoms with Crippen LogP contribution in [0.3, 0.4) is 0 Å². The molecule has 0 aliphatic carbocycles. The number of hydrogen-bond acceptors (Lipinski definition) is 2. The summed E-state index contributed by atoms with van der Waals surface area (Å²) in [5, 5.41) is 11.7. The number of aliphatic hydroxyl groups excluding tert-OH is 1. The van der Waals surface area contributed by atoms with Crippen LogP contribution in [0.1, 0.15) is 31.9 Å². The highest BCUT2D eigenvalue weighted by Crippen LogP contribution is 2.19. The lowest BCUT2D eigenvalue weighted by Gasteiger charge is -2.16. The number of anilines is 1. The Morgan fingerprint density at radius 1 is 1.37 bits per heavy atom. The van der Waals surface area contributed by atoms with Crippen molar-refractivity contribution in [2.45, 2.75) is 27.7 Å². The molecule has 0 spiro atoms. The first kappa shape index (κ1) is 15.3. The first-order valence-electron chi connectivity index (χ1n) is 6.47. The normalized spacial score (nSPS) is 11.7. The Labute approximate surface area is 115 Å². The minimum atomic E-state index is -0.191. The van der Waals surface area contributed by atoms with Gasteiger partial charge < -0.3 is 10.4 Å². The molecule has 1 amide bonds. The average Bonchev–Trinajstić information content (AvgIpc) is 2.37. The number of carbonyl (C=O) groups excluding carboxylic acids is 1. The van der Waals surface area contributed by atoms with E-state index in [1.54, 1.807) is 0 Å². The molecule has 0 aromatic heterocycles. The first-order chi connectivity index (χ1) is 8.95. The van der Waals surface area contributed by atoms with Crippen LogP contribution in [0.25, 0.3) is 0 Å². The van der Waals surface area contributed by atoms with Crippen LogP contribution in [-0.4, -0.2) is 17.6 Å². The Hall–Kier alpha value is -1.79. The van der Waals surface area contributed by atoms with Gasteiger partial charge in [0.05, 0.1) is 5.69 Å². The Morgan fingerprint density at radius 3 is 2.63 bits per heavy atom. The van der Waals surface area contributed by atoms with Crippen LogP contribution in [0.2, 0.25) is 0 Å². The third-order valence-electron chi connectivity index (χ3n) is 3.15. The maximum absolute atomic E-state index is 12.1. The van der Waals surface area contributed by atoms with Crippen LogP contribution in [0.15, 0.2) is 18.2 Å². The average molecular weight is 259 g/mol. The van der Waals surface area contributed by atoms with Gasteiger partial charge in [-0.25, -0.2) is 0 Å². The second-order valence-electron chi connectivity index (χ2n) is 5.03. The SMILES string of the molecule is Cc1ccc(NC(=O)C(C)C(C)C)c(C#CCO)c1. The van der Waals surface area contributed by atoms with Crippen molar-refractivity contribution >= 4 is 11.6 Å². The van der Waals surface area contributed by atoms with Crippen molar-refractivity contribution in [1.29, 1.82) is 0 Å². The van der Waals surface area contributed by atoms with Gasteiger partial charge in [0.2, 0.25) is 5.91 Å². The summed E-state index contributed by atoms with van der Waals surface area (Å²) in [4.78, 5) is 12.1. The number of aliphatic hydroxyl groups is 1. The van der Waals surface area contributed by atoms with Gasteiger partial charge in [0.25, 0.3) is 0 Å². The van der Waals surface area contributed by atoms with Crippen molar-refractivity contribution in [2.75, 3.05) is 11.9 Å². The van der Waals surface area contributed by atoms with E-state index in [1.807, 2.05) is 45.9 Å². The highest BCUT2D eigenvalue weighted by molar-refractivity contribution is 5.93. The third-order valence-corrected chi connectivity index (χ3v) is 3.15. The second kappa shape index (κ2) is 6.96. The fourth-order valence-corrected chi connectivity index (χ4v) is 1.55. The van der Waals surface area contributed by atoms with Crippen LogP contribution in [0, 0.1) is 30.6 Å². The number of aryl methyl sites for hydroxylation is 1. The first-order valence-corrected chi connectivity index (χ1v) is 6.47. The summed E-state index contributed by atoms with van der Waals surface area (Å²) in [6, 6.07) is 5.68. The quantitative estimate of drug-likeness (QED) is 0.820. The zero-order chi connectivity index (χ0) is 14.4. The van der Waals surface area contributed by atoms with E-state index in [0.29, 0.717) is 5.69 Å². The van der Waals surface area contributed by atoms with E-state index >= 15 is 0 Å². The molecule has 3 nitrogen and oxygen atoms in total. The van der Waals surface area contributed by atoms with Crippen molar-refractivity contribution in [3.8, 4) is 11.8 Å². The molecule has 0 aliphatic heterocycles. The van der Waals surface area contributed by atoms with Gasteiger partial charge >= 0.3 is 0 Å². The van der Waals surface area contributed by atoms with Crippen LogP contribution in [0.4, 0.5) is 5.69 Å². The molecule has 19 heavy (non-hydrogen) atoms. The number of nitrogens with one attached hydrogen (secondary N) is 1. The minimum absolute atomic E-state index is 0.00842. The molecule has 2 N–H and O–H groups in total. The molecule has 0 heterocycles. The van der Waals surface area contributed by atoms with E-state index < -0.39 is 0 Å². The van der Waals surface area contributed by atoms with Gasteiger partial charge in [0.15, 0.2) is 0 Å². The lowest BCUT2D eigenvalue weighted by atomic mass is 9.97. The summed E-state index contributed by atoms with van der Waals surface area (Å²) in [5.41, 5.74) is 2.50. The molecule has 1 aromatic carbocycles. The van der Waals surface area contributed by atoms with Crippen molar-refractivity contribution < 1.29 is 9.90 Å². The van der Waals surface area contributed by atoms with E-state index in [4.69, 9.17) is 5.11 Å². The summed E-state index contributed by atoms with van der Waals surface area (Å²) >= 11 is 0. The zero-order valence-corrected chi connectivity index (χ0v) is 11.9. The molecular weight excluding hydrogens is 238 g/mol. The fraction of sp³-hybridized carbons (Fsp3) is 0.438. The molecule has 0 fully saturated rings. The van der Waals surface area contributed by atoms with E-state index in [0.717, 1.165) is 11.1 Å². The van der Waals surface area contributed by atoms with Crippen LogP contribution in [-0.2, 0) is 4.79 Å². The molecule has 0 radical (unpaired) electrons. The summed E-state index contributed by atoms with van der Waals surface area (Å²) in [7, 11) is 0. The molecule has 0 saturated heterocycles. The number of carbonyl (C=O) groups is 1. The molecule has 1 unspecified atom stereocenters. The molecule has 1 atom stereocenters. The molecule has 3 heteroatoms. The van der Waals surface area contributed by atoms with Gasteiger partial charge in [-0.3, -0.25) is 4.79 Å². The van der Waals surface area contributed by atoms with E-state index in [9.17, 15) is 4.79 Å². The number of benzene rings is 1. The van der Waals surface area contributed by atoms with Crippen LogP contribution < -0.4 is 5.32 Å². The number of amides is 1. The summed E-state index contributed by atoms with van der Waals surface area (Å²) < 4.78 is 0. The van der Waals surface area contributed by atoms with Gasteiger partial charge in [-0.15, -0.1) is 0 Å². The number of hydrogen-bond donors (Lipinski definition) is 2. The lowest BCUT2D eigenvalue weighted by molar-refractivity contribution is -0.120. The highest BCUT2D eigenvalue weighted by Gasteiger charge is 2.17. The van der Waals surface area contributed by atoms with Crippen molar-refractivity contribution in [3.05, 3.63) is 29.3 Å².